The highest BCUT2D eigenvalue weighted by molar-refractivity contribution is 5.91. The topological polar surface area (TPSA) is 64.7 Å². The second kappa shape index (κ2) is 5.50. The van der Waals surface area contributed by atoms with Gasteiger partial charge in [0.1, 0.15) is 17.0 Å². The number of nitrogens with zero attached hydrogens (tertiary/aromatic N) is 3. The maximum Gasteiger partial charge on any atom is 0.160 e. The van der Waals surface area contributed by atoms with Gasteiger partial charge in [0.15, 0.2) is 5.82 Å². The summed E-state index contributed by atoms with van der Waals surface area (Å²) in [6.45, 7) is 0. The Kier molecular flexibility index (Phi) is 3.20. The molecule has 0 unspecified atom stereocenters. The Balaban J connectivity index is 2.04. The van der Waals surface area contributed by atoms with Gasteiger partial charge in [-0.25, -0.2) is 15.0 Å². The zero-order valence-electron chi connectivity index (χ0n) is 12.3. The summed E-state index contributed by atoms with van der Waals surface area (Å²) in [4.78, 5) is 13.8. The quantitative estimate of drug-likeness (QED) is 0.608. The molecule has 4 rings (SSSR count). The third-order valence-electron chi connectivity index (χ3n) is 3.64. The molecule has 0 bridgehead atoms. The molecular weight excluding hydrogens is 284 g/mol. The first kappa shape index (κ1) is 13.4. The van der Waals surface area contributed by atoms with Gasteiger partial charge in [0.05, 0.1) is 5.52 Å². The first-order valence-corrected chi connectivity index (χ1v) is 7.36. The van der Waals surface area contributed by atoms with E-state index in [1.165, 1.54) is 0 Å². The van der Waals surface area contributed by atoms with Gasteiger partial charge in [-0.05, 0) is 12.1 Å². The molecule has 0 aliphatic carbocycles. The number of anilines is 1. The van der Waals surface area contributed by atoms with Crippen molar-refractivity contribution in [2.24, 2.45) is 0 Å². The van der Waals surface area contributed by atoms with E-state index in [0.717, 1.165) is 27.9 Å². The van der Waals surface area contributed by atoms with Crippen LogP contribution in [0.1, 0.15) is 0 Å². The van der Waals surface area contributed by atoms with Gasteiger partial charge in [-0.2, -0.15) is 0 Å². The van der Waals surface area contributed by atoms with Crippen molar-refractivity contribution in [3.8, 4) is 22.6 Å². The molecule has 0 saturated carbocycles. The molecule has 2 aromatic carbocycles. The van der Waals surface area contributed by atoms with Crippen LogP contribution in [0.5, 0.6) is 0 Å². The van der Waals surface area contributed by atoms with E-state index in [1.807, 2.05) is 66.7 Å². The Hall–Kier alpha value is -3.27. The minimum atomic E-state index is 0.464. The van der Waals surface area contributed by atoms with Gasteiger partial charge < -0.3 is 5.73 Å². The van der Waals surface area contributed by atoms with Crippen LogP contribution in [0.3, 0.4) is 0 Å². The number of fused-ring (bicyclic) bond motifs is 1. The van der Waals surface area contributed by atoms with Crippen LogP contribution >= 0.6 is 0 Å². The van der Waals surface area contributed by atoms with Gasteiger partial charge in [-0.3, -0.25) is 0 Å². The van der Waals surface area contributed by atoms with E-state index in [0.29, 0.717) is 11.6 Å². The number of rotatable bonds is 2. The molecule has 2 N–H and O–H groups in total. The number of benzene rings is 2. The van der Waals surface area contributed by atoms with E-state index in [2.05, 4.69) is 9.97 Å². The van der Waals surface area contributed by atoms with Gasteiger partial charge in [-0.15, -0.1) is 0 Å². The van der Waals surface area contributed by atoms with Crippen molar-refractivity contribution in [1.29, 1.82) is 0 Å². The maximum atomic E-state index is 5.85. The van der Waals surface area contributed by atoms with Crippen LogP contribution in [0, 0.1) is 0 Å². The Morgan fingerprint density at radius 2 is 1.26 bits per heavy atom. The SMILES string of the molecule is Nc1ccc2nc(-c3ccccc3)nc(-c3ccccc3)c2n1. The van der Waals surface area contributed by atoms with E-state index in [4.69, 9.17) is 10.7 Å². The van der Waals surface area contributed by atoms with Crippen LogP contribution in [-0.2, 0) is 0 Å². The average molecular weight is 298 g/mol. The molecule has 0 saturated heterocycles. The van der Waals surface area contributed by atoms with Crippen molar-refractivity contribution < 1.29 is 0 Å². The highest BCUT2D eigenvalue weighted by Crippen LogP contribution is 2.28. The fourth-order valence-corrected chi connectivity index (χ4v) is 2.54. The smallest absolute Gasteiger partial charge is 0.160 e. The van der Waals surface area contributed by atoms with E-state index >= 15 is 0 Å². The maximum absolute atomic E-state index is 5.85. The molecule has 0 aliphatic heterocycles. The standard InChI is InChI=1S/C19H14N4/c20-16-12-11-15-18(22-16)17(13-7-3-1-4-8-13)23-19(21-15)14-9-5-2-6-10-14/h1-12H,(H2,20,22). The van der Waals surface area contributed by atoms with E-state index < -0.39 is 0 Å². The van der Waals surface area contributed by atoms with Crippen molar-refractivity contribution in [2.75, 3.05) is 5.73 Å². The lowest BCUT2D eigenvalue weighted by atomic mass is 10.1. The van der Waals surface area contributed by atoms with Crippen molar-refractivity contribution in [3.05, 3.63) is 72.8 Å². The molecule has 4 aromatic rings. The lowest BCUT2D eigenvalue weighted by Gasteiger charge is -2.09. The summed E-state index contributed by atoms with van der Waals surface area (Å²) in [6, 6.07) is 23.6. The summed E-state index contributed by atoms with van der Waals surface area (Å²) in [5.74, 6) is 1.15. The molecule has 4 nitrogen and oxygen atoms in total. The minimum absolute atomic E-state index is 0.464. The summed E-state index contributed by atoms with van der Waals surface area (Å²) < 4.78 is 0. The highest BCUT2D eigenvalue weighted by atomic mass is 14.9. The van der Waals surface area contributed by atoms with Crippen molar-refractivity contribution >= 4 is 16.9 Å². The van der Waals surface area contributed by atoms with Crippen molar-refractivity contribution in [1.82, 2.24) is 15.0 Å². The van der Waals surface area contributed by atoms with Gasteiger partial charge in [-0.1, -0.05) is 60.7 Å². The van der Waals surface area contributed by atoms with Crippen LogP contribution in [0.15, 0.2) is 72.8 Å². The lowest BCUT2D eigenvalue weighted by Crippen LogP contribution is -1.98. The number of hydrogen-bond donors (Lipinski definition) is 1. The van der Waals surface area contributed by atoms with Gasteiger partial charge in [0, 0.05) is 11.1 Å². The third-order valence-corrected chi connectivity index (χ3v) is 3.64. The summed E-state index contributed by atoms with van der Waals surface area (Å²) in [7, 11) is 0. The van der Waals surface area contributed by atoms with E-state index in [9.17, 15) is 0 Å². The lowest BCUT2D eigenvalue weighted by molar-refractivity contribution is 1.21. The van der Waals surface area contributed by atoms with Crippen molar-refractivity contribution in [2.45, 2.75) is 0 Å². The van der Waals surface area contributed by atoms with Crippen LogP contribution in [0.2, 0.25) is 0 Å². The molecule has 4 heteroatoms. The fourth-order valence-electron chi connectivity index (χ4n) is 2.54. The normalized spacial score (nSPS) is 10.8. The zero-order valence-corrected chi connectivity index (χ0v) is 12.3. The van der Waals surface area contributed by atoms with Crippen LogP contribution < -0.4 is 5.73 Å². The van der Waals surface area contributed by atoms with Gasteiger partial charge >= 0.3 is 0 Å². The Morgan fingerprint density at radius 1 is 0.609 bits per heavy atom. The molecule has 2 heterocycles. The number of aromatic nitrogens is 3. The molecule has 0 amide bonds. The summed E-state index contributed by atoms with van der Waals surface area (Å²) in [6.07, 6.45) is 0. The molecule has 23 heavy (non-hydrogen) atoms. The Labute approximate surface area is 133 Å². The zero-order chi connectivity index (χ0) is 15.6. The first-order valence-electron chi connectivity index (χ1n) is 7.36. The number of pyridine rings is 1. The van der Waals surface area contributed by atoms with Gasteiger partial charge in [0.25, 0.3) is 0 Å². The second-order valence-electron chi connectivity index (χ2n) is 5.23. The number of nitrogen functional groups attached to an aromatic ring is 1. The van der Waals surface area contributed by atoms with Crippen LogP contribution in [0.4, 0.5) is 5.82 Å². The Bertz CT molecular complexity index is 966. The monoisotopic (exact) mass is 298 g/mol. The average Bonchev–Trinajstić information content (AvgIpc) is 2.62. The van der Waals surface area contributed by atoms with Crippen molar-refractivity contribution in [3.63, 3.8) is 0 Å². The summed E-state index contributed by atoms with van der Waals surface area (Å²) in [5.41, 5.74) is 10.1. The molecule has 0 radical (unpaired) electrons. The molecule has 0 atom stereocenters. The summed E-state index contributed by atoms with van der Waals surface area (Å²) >= 11 is 0. The van der Waals surface area contributed by atoms with E-state index in [-0.39, 0.29) is 0 Å². The van der Waals surface area contributed by atoms with Crippen LogP contribution in [0.25, 0.3) is 33.7 Å². The predicted molar refractivity (Wildman–Crippen MR) is 92.6 cm³/mol. The van der Waals surface area contributed by atoms with E-state index in [1.54, 1.807) is 6.07 Å². The minimum Gasteiger partial charge on any atom is -0.384 e. The molecule has 110 valence electrons. The molecule has 0 fully saturated rings. The molecule has 2 aromatic heterocycles. The molecule has 0 aliphatic rings. The number of nitrogens with two attached hydrogens (primary N) is 1. The fraction of sp³-hybridized carbons (Fsp3) is 0. The summed E-state index contributed by atoms with van der Waals surface area (Å²) in [5, 5.41) is 0. The highest BCUT2D eigenvalue weighted by Gasteiger charge is 2.12. The first-order chi connectivity index (χ1) is 11.3. The molecular formula is C19H14N4. The second-order valence-corrected chi connectivity index (χ2v) is 5.23. The molecule has 0 spiro atoms. The van der Waals surface area contributed by atoms with Gasteiger partial charge in [0.2, 0.25) is 0 Å². The third kappa shape index (κ3) is 2.51. The predicted octanol–water partition coefficient (Wildman–Crippen LogP) is 3.94. The number of hydrogen-bond acceptors (Lipinski definition) is 4. The van der Waals surface area contributed by atoms with Crippen LogP contribution in [-0.4, -0.2) is 15.0 Å². The Morgan fingerprint density at radius 3 is 1.96 bits per heavy atom. The largest absolute Gasteiger partial charge is 0.384 e.